The summed E-state index contributed by atoms with van der Waals surface area (Å²) in [6, 6.07) is 15.1. The van der Waals surface area contributed by atoms with Gasteiger partial charge in [-0.15, -0.1) is 11.8 Å². The number of carbonyl (C=O) groups is 3. The topological polar surface area (TPSA) is 100 Å². The molecule has 0 spiro atoms. The summed E-state index contributed by atoms with van der Waals surface area (Å²) < 4.78 is 21.0. The van der Waals surface area contributed by atoms with Crippen LogP contribution < -0.4 is 10.1 Å². The Kier molecular flexibility index (Phi) is 10.7. The molecule has 1 amide bonds. The van der Waals surface area contributed by atoms with E-state index in [1.165, 1.54) is 0 Å². The van der Waals surface area contributed by atoms with Crippen LogP contribution in [-0.2, 0) is 25.6 Å². The molecule has 34 heavy (non-hydrogen) atoms. The van der Waals surface area contributed by atoms with Crippen LogP contribution in [0.1, 0.15) is 33.3 Å². The molecule has 0 saturated carbocycles. The quantitative estimate of drug-likeness (QED) is 0.205. The second kappa shape index (κ2) is 13.5. The van der Waals surface area contributed by atoms with E-state index in [2.05, 4.69) is 5.32 Å². The second-order valence-corrected chi connectivity index (χ2v) is 9.00. The highest BCUT2D eigenvalue weighted by Crippen LogP contribution is 2.20. The summed E-state index contributed by atoms with van der Waals surface area (Å²) in [5.74, 6) is -1.10. The van der Waals surface area contributed by atoms with Crippen molar-refractivity contribution in [3.05, 3.63) is 60.2 Å². The van der Waals surface area contributed by atoms with Gasteiger partial charge in [0.2, 0.25) is 0 Å². The SMILES string of the molecule is CSc1ccc(OC(=O)OC(OC(=O)[C@@H](NC(=O)OCc2ccccc2)C(C)C)C(C)C)cc1. The number of benzene rings is 2. The Morgan fingerprint density at radius 2 is 1.53 bits per heavy atom. The van der Waals surface area contributed by atoms with Crippen molar-refractivity contribution in [1.82, 2.24) is 5.32 Å². The van der Waals surface area contributed by atoms with E-state index >= 15 is 0 Å². The number of hydrogen-bond donors (Lipinski definition) is 1. The molecule has 0 saturated heterocycles. The van der Waals surface area contributed by atoms with Crippen LogP contribution in [-0.4, -0.2) is 36.8 Å². The van der Waals surface area contributed by atoms with Gasteiger partial charge in [0.05, 0.1) is 0 Å². The van der Waals surface area contributed by atoms with Crippen molar-refractivity contribution in [2.75, 3.05) is 6.26 Å². The van der Waals surface area contributed by atoms with E-state index in [0.29, 0.717) is 5.75 Å². The lowest BCUT2D eigenvalue weighted by Gasteiger charge is -2.25. The Balaban J connectivity index is 1.93. The third-order valence-corrected chi connectivity index (χ3v) is 5.40. The number of alkyl carbamates (subject to hydrolysis) is 1. The van der Waals surface area contributed by atoms with E-state index in [1.54, 1.807) is 51.6 Å². The molecule has 0 heterocycles. The summed E-state index contributed by atoms with van der Waals surface area (Å²) >= 11 is 1.56. The van der Waals surface area contributed by atoms with Crippen LogP contribution in [0, 0.1) is 11.8 Å². The molecule has 0 aromatic heterocycles. The van der Waals surface area contributed by atoms with Crippen LogP contribution >= 0.6 is 11.8 Å². The number of esters is 1. The molecule has 1 unspecified atom stereocenters. The molecule has 8 nitrogen and oxygen atoms in total. The lowest BCUT2D eigenvalue weighted by atomic mass is 10.1. The van der Waals surface area contributed by atoms with Crippen molar-refractivity contribution in [3.63, 3.8) is 0 Å². The zero-order chi connectivity index (χ0) is 25.1. The van der Waals surface area contributed by atoms with E-state index < -0.39 is 30.5 Å². The fourth-order valence-electron chi connectivity index (χ4n) is 2.73. The van der Waals surface area contributed by atoms with Crippen LogP contribution in [0.3, 0.4) is 0 Å². The Bertz CT molecular complexity index is 932. The Morgan fingerprint density at radius 1 is 0.882 bits per heavy atom. The van der Waals surface area contributed by atoms with E-state index in [9.17, 15) is 14.4 Å². The predicted octanol–water partition coefficient (Wildman–Crippen LogP) is 5.40. The highest BCUT2D eigenvalue weighted by atomic mass is 32.2. The number of ether oxygens (including phenoxy) is 4. The van der Waals surface area contributed by atoms with E-state index in [4.69, 9.17) is 18.9 Å². The highest BCUT2D eigenvalue weighted by Gasteiger charge is 2.31. The zero-order valence-corrected chi connectivity index (χ0v) is 20.8. The number of thioether (sulfide) groups is 1. The van der Waals surface area contributed by atoms with Gasteiger partial charge in [-0.3, -0.25) is 0 Å². The van der Waals surface area contributed by atoms with E-state index in [1.807, 2.05) is 48.7 Å². The smallest absolute Gasteiger partial charge is 0.445 e. The Hall–Kier alpha value is -3.20. The van der Waals surface area contributed by atoms with Gasteiger partial charge in [0.25, 0.3) is 6.29 Å². The van der Waals surface area contributed by atoms with Crippen LogP contribution in [0.2, 0.25) is 0 Å². The largest absolute Gasteiger partial charge is 0.516 e. The van der Waals surface area contributed by atoms with Crippen LogP contribution in [0.5, 0.6) is 5.75 Å². The van der Waals surface area contributed by atoms with Crippen molar-refractivity contribution in [2.45, 2.75) is 51.5 Å². The van der Waals surface area contributed by atoms with Crippen molar-refractivity contribution >= 4 is 30.0 Å². The van der Waals surface area contributed by atoms with Gasteiger partial charge in [-0.25, -0.2) is 14.4 Å². The van der Waals surface area contributed by atoms with Crippen molar-refractivity contribution in [1.29, 1.82) is 0 Å². The molecule has 9 heteroatoms. The molecule has 0 aliphatic heterocycles. The first-order valence-electron chi connectivity index (χ1n) is 10.9. The Morgan fingerprint density at radius 3 is 2.09 bits per heavy atom. The standard InChI is InChI=1S/C25H31NO7S/c1-16(2)21(26-24(28)30-15-18-9-7-6-8-10-18)22(27)32-23(17(3)4)33-25(29)31-19-11-13-20(34-5)14-12-19/h6-14,16-17,21,23H,15H2,1-5H3,(H,26,28)/t21-,23?/m0/s1. The number of carbonyl (C=O) groups excluding carboxylic acids is 3. The third kappa shape index (κ3) is 8.97. The predicted molar refractivity (Wildman–Crippen MR) is 128 cm³/mol. The molecule has 184 valence electrons. The van der Waals surface area contributed by atoms with Crippen molar-refractivity contribution in [2.24, 2.45) is 11.8 Å². The molecule has 0 bridgehead atoms. The van der Waals surface area contributed by atoms with Gasteiger partial charge in [0.1, 0.15) is 18.4 Å². The third-order valence-electron chi connectivity index (χ3n) is 4.66. The molecule has 0 aliphatic rings. The molecular weight excluding hydrogens is 458 g/mol. The van der Waals surface area contributed by atoms with Gasteiger partial charge in [0.15, 0.2) is 0 Å². The summed E-state index contributed by atoms with van der Waals surface area (Å²) in [6.07, 6.45) is -1.02. The minimum absolute atomic E-state index is 0.0635. The summed E-state index contributed by atoms with van der Waals surface area (Å²) in [4.78, 5) is 38.3. The van der Waals surface area contributed by atoms with Crippen LogP contribution in [0.15, 0.2) is 59.5 Å². The molecule has 1 N–H and O–H groups in total. The average Bonchev–Trinajstić information content (AvgIpc) is 2.81. The minimum atomic E-state index is -1.20. The van der Waals surface area contributed by atoms with Gasteiger partial charge in [-0.2, -0.15) is 0 Å². The van der Waals surface area contributed by atoms with Crippen molar-refractivity contribution in [3.8, 4) is 5.75 Å². The van der Waals surface area contributed by atoms with Gasteiger partial charge in [0, 0.05) is 10.8 Å². The molecule has 2 aromatic rings. The van der Waals surface area contributed by atoms with Gasteiger partial charge >= 0.3 is 18.2 Å². The molecule has 2 aromatic carbocycles. The van der Waals surface area contributed by atoms with Crippen LogP contribution in [0.25, 0.3) is 0 Å². The highest BCUT2D eigenvalue weighted by molar-refractivity contribution is 7.98. The first-order chi connectivity index (χ1) is 16.2. The average molecular weight is 490 g/mol. The fraction of sp³-hybridized carbons (Fsp3) is 0.400. The first-order valence-corrected chi connectivity index (χ1v) is 12.1. The summed E-state index contributed by atoms with van der Waals surface area (Å²) in [5.41, 5.74) is 0.816. The van der Waals surface area contributed by atoms with Gasteiger partial charge in [-0.05, 0) is 42.0 Å². The maximum absolute atomic E-state index is 12.8. The second-order valence-electron chi connectivity index (χ2n) is 8.12. The number of rotatable bonds is 10. The summed E-state index contributed by atoms with van der Waals surface area (Å²) in [6.45, 7) is 7.02. The lowest BCUT2D eigenvalue weighted by Crippen LogP contribution is -2.47. The Labute approximate surface area is 204 Å². The maximum Gasteiger partial charge on any atom is 0.516 e. The molecule has 0 fully saturated rings. The van der Waals surface area contributed by atoms with E-state index in [-0.39, 0.29) is 18.4 Å². The van der Waals surface area contributed by atoms with Gasteiger partial charge in [-0.1, -0.05) is 58.0 Å². The van der Waals surface area contributed by atoms with Gasteiger partial charge < -0.3 is 24.3 Å². The molecule has 2 atom stereocenters. The summed E-state index contributed by atoms with van der Waals surface area (Å²) in [5, 5.41) is 2.53. The summed E-state index contributed by atoms with van der Waals surface area (Å²) in [7, 11) is 0. The maximum atomic E-state index is 12.8. The van der Waals surface area contributed by atoms with Crippen molar-refractivity contribution < 1.29 is 33.3 Å². The van der Waals surface area contributed by atoms with E-state index in [0.717, 1.165) is 10.5 Å². The number of amides is 1. The van der Waals surface area contributed by atoms with Crippen LogP contribution in [0.4, 0.5) is 9.59 Å². The minimum Gasteiger partial charge on any atom is -0.445 e. The first kappa shape index (κ1) is 27.0. The zero-order valence-electron chi connectivity index (χ0n) is 20.0. The molecular formula is C25H31NO7S. The molecule has 2 rings (SSSR count). The number of nitrogens with one attached hydrogen (secondary N) is 1. The normalized spacial score (nSPS) is 12.6. The molecule has 0 aliphatic carbocycles. The number of hydrogen-bond acceptors (Lipinski definition) is 8. The molecule has 0 radical (unpaired) electrons. The lowest BCUT2D eigenvalue weighted by molar-refractivity contribution is -0.180. The monoisotopic (exact) mass is 489 g/mol. The fourth-order valence-corrected chi connectivity index (χ4v) is 3.14.